The van der Waals surface area contributed by atoms with Crippen LogP contribution in [0.25, 0.3) is 0 Å². The first kappa shape index (κ1) is 14.9. The first-order valence-corrected chi connectivity index (χ1v) is 7.20. The number of ether oxygens (including phenoxy) is 2. The van der Waals surface area contributed by atoms with Crippen molar-refractivity contribution in [3.8, 4) is 11.8 Å². The van der Waals surface area contributed by atoms with Crippen molar-refractivity contribution in [3.05, 3.63) is 29.8 Å². The van der Waals surface area contributed by atoms with Crippen molar-refractivity contribution in [2.24, 2.45) is 5.92 Å². The van der Waals surface area contributed by atoms with E-state index in [1.807, 2.05) is 12.1 Å². The van der Waals surface area contributed by atoms with Gasteiger partial charge in [-0.05, 0) is 56.2 Å². The van der Waals surface area contributed by atoms with Crippen LogP contribution >= 0.6 is 0 Å². The molecule has 0 aliphatic carbocycles. The molecule has 0 bridgehead atoms. The molecule has 0 unspecified atom stereocenters. The van der Waals surface area contributed by atoms with Gasteiger partial charge in [0.05, 0.1) is 18.8 Å². The molecule has 108 valence electrons. The van der Waals surface area contributed by atoms with Crippen LogP contribution in [-0.4, -0.2) is 19.3 Å². The fourth-order valence-electron chi connectivity index (χ4n) is 3.13. The lowest BCUT2D eigenvalue weighted by molar-refractivity contribution is -0.0766. The number of hydrogen-bond donors (Lipinski definition) is 0. The second kappa shape index (κ2) is 6.28. The summed E-state index contributed by atoms with van der Waals surface area (Å²) in [6.45, 7) is 5.06. The molecule has 0 aromatic heterocycles. The van der Waals surface area contributed by atoms with Gasteiger partial charge in [-0.1, -0.05) is 12.1 Å². The topological polar surface area (TPSA) is 42.2 Å². The minimum Gasteiger partial charge on any atom is -0.497 e. The summed E-state index contributed by atoms with van der Waals surface area (Å²) in [7, 11) is 1.67. The third kappa shape index (κ3) is 3.52. The molecule has 0 radical (unpaired) electrons. The highest BCUT2D eigenvalue weighted by molar-refractivity contribution is 5.30. The minimum atomic E-state index is -0.0803. The van der Waals surface area contributed by atoms with Crippen LogP contribution in [0.15, 0.2) is 24.3 Å². The Balaban J connectivity index is 2.19. The maximum absolute atomic E-state index is 9.15. The summed E-state index contributed by atoms with van der Waals surface area (Å²) in [5.41, 5.74) is 1.15. The van der Waals surface area contributed by atoms with E-state index >= 15 is 0 Å². The summed E-state index contributed by atoms with van der Waals surface area (Å²) in [5.74, 6) is 1.65. The summed E-state index contributed by atoms with van der Waals surface area (Å²) < 4.78 is 11.0. The summed E-state index contributed by atoms with van der Waals surface area (Å²) in [6, 6.07) is 10.5. The Labute approximate surface area is 121 Å². The molecule has 1 aromatic rings. The van der Waals surface area contributed by atoms with Crippen molar-refractivity contribution in [2.75, 3.05) is 13.7 Å². The van der Waals surface area contributed by atoms with Gasteiger partial charge in [-0.15, -0.1) is 0 Å². The van der Waals surface area contributed by atoms with Crippen molar-refractivity contribution in [1.29, 1.82) is 5.26 Å². The zero-order chi connectivity index (χ0) is 14.6. The van der Waals surface area contributed by atoms with E-state index in [0.29, 0.717) is 12.3 Å². The third-order valence-corrected chi connectivity index (χ3v) is 4.16. The van der Waals surface area contributed by atoms with E-state index in [1.165, 1.54) is 5.56 Å². The first-order valence-electron chi connectivity index (χ1n) is 7.20. The Morgan fingerprint density at radius 2 is 2.10 bits per heavy atom. The monoisotopic (exact) mass is 273 g/mol. The smallest absolute Gasteiger partial charge is 0.118 e. The van der Waals surface area contributed by atoms with E-state index in [4.69, 9.17) is 14.7 Å². The molecule has 0 saturated carbocycles. The molecule has 3 heteroatoms. The summed E-state index contributed by atoms with van der Waals surface area (Å²) in [6.07, 6.45) is 2.60. The standard InChI is InChI=1S/C17H23NO2/c1-17(2)12-14(9-11-20-17)16(8-10-18)13-4-6-15(19-3)7-5-13/h4-7,14,16H,8-9,11-12H2,1-3H3/t14-,16-/m1/s1. The largest absolute Gasteiger partial charge is 0.497 e. The van der Waals surface area contributed by atoms with Crippen LogP contribution in [-0.2, 0) is 4.74 Å². The van der Waals surface area contributed by atoms with E-state index in [-0.39, 0.29) is 11.5 Å². The molecule has 0 amide bonds. The Morgan fingerprint density at radius 1 is 1.40 bits per heavy atom. The van der Waals surface area contributed by atoms with Gasteiger partial charge in [0, 0.05) is 13.0 Å². The van der Waals surface area contributed by atoms with Gasteiger partial charge in [-0.3, -0.25) is 0 Å². The molecule has 0 spiro atoms. The van der Waals surface area contributed by atoms with Gasteiger partial charge in [0.25, 0.3) is 0 Å². The van der Waals surface area contributed by atoms with E-state index in [9.17, 15) is 0 Å². The Hall–Kier alpha value is -1.53. The predicted octanol–water partition coefficient (Wildman–Crippen LogP) is 3.90. The summed E-state index contributed by atoms with van der Waals surface area (Å²) in [5, 5.41) is 9.15. The second-order valence-electron chi connectivity index (χ2n) is 6.10. The quantitative estimate of drug-likeness (QED) is 0.835. The molecule has 0 N–H and O–H groups in total. The molecule has 20 heavy (non-hydrogen) atoms. The number of rotatable bonds is 4. The van der Waals surface area contributed by atoms with Crippen LogP contribution in [0.3, 0.4) is 0 Å². The van der Waals surface area contributed by atoms with Gasteiger partial charge >= 0.3 is 0 Å². The van der Waals surface area contributed by atoms with Gasteiger partial charge in [-0.25, -0.2) is 0 Å². The average molecular weight is 273 g/mol. The van der Waals surface area contributed by atoms with E-state index in [1.54, 1.807) is 7.11 Å². The van der Waals surface area contributed by atoms with Crippen molar-refractivity contribution in [3.63, 3.8) is 0 Å². The number of nitrogens with zero attached hydrogens (tertiary/aromatic N) is 1. The van der Waals surface area contributed by atoms with Crippen molar-refractivity contribution < 1.29 is 9.47 Å². The van der Waals surface area contributed by atoms with Crippen molar-refractivity contribution in [2.45, 2.75) is 44.6 Å². The van der Waals surface area contributed by atoms with Gasteiger partial charge in [-0.2, -0.15) is 5.26 Å². The highest BCUT2D eigenvalue weighted by Crippen LogP contribution is 2.40. The zero-order valence-electron chi connectivity index (χ0n) is 12.6. The zero-order valence-corrected chi connectivity index (χ0v) is 12.6. The maximum Gasteiger partial charge on any atom is 0.118 e. The van der Waals surface area contributed by atoms with Crippen molar-refractivity contribution in [1.82, 2.24) is 0 Å². The summed E-state index contributed by atoms with van der Waals surface area (Å²) >= 11 is 0. The Kier molecular flexibility index (Phi) is 4.67. The molecule has 3 nitrogen and oxygen atoms in total. The molecule has 2 atom stereocenters. The van der Waals surface area contributed by atoms with Crippen LogP contribution < -0.4 is 4.74 Å². The molecule has 1 heterocycles. The molecular formula is C17H23NO2. The van der Waals surface area contributed by atoms with Crippen molar-refractivity contribution >= 4 is 0 Å². The molecule has 2 rings (SSSR count). The van der Waals surface area contributed by atoms with Gasteiger partial charge in [0.1, 0.15) is 5.75 Å². The first-order chi connectivity index (χ1) is 9.55. The fraction of sp³-hybridized carbons (Fsp3) is 0.588. The maximum atomic E-state index is 9.15. The molecule has 1 aromatic carbocycles. The number of nitriles is 1. The Bertz CT molecular complexity index is 473. The van der Waals surface area contributed by atoms with Crippen LogP contribution in [0.5, 0.6) is 5.75 Å². The minimum absolute atomic E-state index is 0.0803. The average Bonchev–Trinajstić information content (AvgIpc) is 2.44. The Morgan fingerprint density at radius 3 is 2.65 bits per heavy atom. The van der Waals surface area contributed by atoms with Gasteiger partial charge < -0.3 is 9.47 Å². The van der Waals surface area contributed by atoms with Crippen LogP contribution in [0.2, 0.25) is 0 Å². The lowest BCUT2D eigenvalue weighted by atomic mass is 9.75. The number of hydrogen-bond acceptors (Lipinski definition) is 3. The van der Waals surface area contributed by atoms with Crippen LogP contribution in [0.4, 0.5) is 0 Å². The van der Waals surface area contributed by atoms with Gasteiger partial charge in [0.15, 0.2) is 0 Å². The van der Waals surface area contributed by atoms with E-state index < -0.39 is 0 Å². The van der Waals surface area contributed by atoms with E-state index in [0.717, 1.165) is 25.2 Å². The van der Waals surface area contributed by atoms with Crippen LogP contribution in [0.1, 0.15) is 44.6 Å². The van der Waals surface area contributed by atoms with E-state index in [2.05, 4.69) is 32.0 Å². The predicted molar refractivity (Wildman–Crippen MR) is 78.7 cm³/mol. The summed E-state index contributed by atoms with van der Waals surface area (Å²) in [4.78, 5) is 0. The molecule has 1 aliphatic rings. The lowest BCUT2D eigenvalue weighted by Gasteiger charge is -2.39. The molecule has 1 fully saturated rings. The van der Waals surface area contributed by atoms with Crippen LogP contribution in [0, 0.1) is 17.2 Å². The number of benzene rings is 1. The molecule has 1 aliphatic heterocycles. The fourth-order valence-corrected chi connectivity index (χ4v) is 3.13. The second-order valence-corrected chi connectivity index (χ2v) is 6.10. The van der Waals surface area contributed by atoms with Gasteiger partial charge in [0.2, 0.25) is 0 Å². The third-order valence-electron chi connectivity index (χ3n) is 4.16. The molecule has 1 saturated heterocycles. The SMILES string of the molecule is COc1ccc([C@@H](CC#N)[C@@H]2CCOC(C)(C)C2)cc1. The highest BCUT2D eigenvalue weighted by atomic mass is 16.5. The normalized spacial score (nSPS) is 22.8. The highest BCUT2D eigenvalue weighted by Gasteiger charge is 2.34. The lowest BCUT2D eigenvalue weighted by Crippen LogP contribution is -2.36. The molecular weight excluding hydrogens is 250 g/mol. The number of methoxy groups -OCH3 is 1.